The van der Waals surface area contributed by atoms with Gasteiger partial charge in [0.1, 0.15) is 12.2 Å². The molecule has 0 aliphatic rings. The molecule has 0 saturated carbocycles. The number of rotatable bonds is 5. The van der Waals surface area contributed by atoms with Crippen molar-refractivity contribution in [2.75, 3.05) is 6.54 Å². The van der Waals surface area contributed by atoms with Crippen molar-refractivity contribution in [2.24, 2.45) is 7.05 Å². The fraction of sp³-hybridized carbons (Fsp3) is 0.467. The molecule has 1 atom stereocenters. The Balaban J connectivity index is 2.26. The van der Waals surface area contributed by atoms with Gasteiger partial charge in [-0.15, -0.1) is 0 Å². The number of nitrogens with zero attached hydrogens (tertiary/aromatic N) is 3. The fourth-order valence-corrected chi connectivity index (χ4v) is 2.45. The van der Waals surface area contributed by atoms with Gasteiger partial charge in [0.05, 0.1) is 0 Å². The lowest BCUT2D eigenvalue weighted by molar-refractivity contribution is 0.521. The molecule has 0 amide bonds. The first-order valence-corrected chi connectivity index (χ1v) is 6.74. The van der Waals surface area contributed by atoms with E-state index in [1.807, 2.05) is 11.7 Å². The van der Waals surface area contributed by atoms with Crippen molar-refractivity contribution >= 4 is 0 Å². The Hall–Kier alpha value is -1.68. The van der Waals surface area contributed by atoms with Crippen LogP contribution >= 0.6 is 0 Å². The largest absolute Gasteiger partial charge is 0.310 e. The quantitative estimate of drug-likeness (QED) is 0.895. The molecule has 0 aliphatic carbocycles. The second kappa shape index (κ2) is 5.97. The predicted molar refractivity (Wildman–Crippen MR) is 77.0 cm³/mol. The molecule has 1 aromatic carbocycles. The van der Waals surface area contributed by atoms with Crippen LogP contribution in [-0.4, -0.2) is 21.3 Å². The van der Waals surface area contributed by atoms with Gasteiger partial charge in [-0.1, -0.05) is 36.2 Å². The summed E-state index contributed by atoms with van der Waals surface area (Å²) in [5.74, 6) is 1.00. The molecule has 4 heteroatoms. The lowest BCUT2D eigenvalue weighted by Gasteiger charge is -2.19. The minimum Gasteiger partial charge on any atom is -0.310 e. The lowest BCUT2D eigenvalue weighted by Crippen LogP contribution is -2.24. The molecule has 2 rings (SSSR count). The number of hydrogen-bond donors (Lipinski definition) is 1. The van der Waals surface area contributed by atoms with E-state index in [1.54, 1.807) is 6.33 Å². The third-order valence-corrected chi connectivity index (χ3v) is 3.29. The minimum absolute atomic E-state index is 0.284. The molecular weight excluding hydrogens is 236 g/mol. The summed E-state index contributed by atoms with van der Waals surface area (Å²) in [6.45, 7) is 7.35. The summed E-state index contributed by atoms with van der Waals surface area (Å²) in [5, 5.41) is 7.67. The van der Waals surface area contributed by atoms with E-state index < -0.39 is 0 Å². The standard InChI is InChI=1S/C15H22N4/c1-5-16-14(9-15-17-10-18-19(15)4)13-7-11(2)6-12(3)8-13/h6-8,10,14,16H,5,9H2,1-4H3. The summed E-state index contributed by atoms with van der Waals surface area (Å²) in [5.41, 5.74) is 3.93. The summed E-state index contributed by atoms with van der Waals surface area (Å²) < 4.78 is 1.84. The van der Waals surface area contributed by atoms with Crippen molar-refractivity contribution < 1.29 is 0 Å². The Labute approximate surface area is 114 Å². The van der Waals surface area contributed by atoms with Crippen molar-refractivity contribution in [2.45, 2.75) is 33.2 Å². The summed E-state index contributed by atoms with van der Waals surface area (Å²) >= 11 is 0. The van der Waals surface area contributed by atoms with E-state index >= 15 is 0 Å². The highest BCUT2D eigenvalue weighted by molar-refractivity contribution is 5.31. The Bertz CT molecular complexity index is 525. The minimum atomic E-state index is 0.284. The second-order valence-electron chi connectivity index (χ2n) is 5.04. The molecule has 102 valence electrons. The highest BCUT2D eigenvalue weighted by Gasteiger charge is 2.14. The topological polar surface area (TPSA) is 42.7 Å². The van der Waals surface area contributed by atoms with Gasteiger partial charge < -0.3 is 5.32 Å². The summed E-state index contributed by atoms with van der Waals surface area (Å²) in [6.07, 6.45) is 2.47. The van der Waals surface area contributed by atoms with Crippen LogP contribution in [-0.2, 0) is 13.5 Å². The van der Waals surface area contributed by atoms with Crippen molar-refractivity contribution in [1.29, 1.82) is 0 Å². The van der Waals surface area contributed by atoms with Crippen LogP contribution in [0.15, 0.2) is 24.5 Å². The van der Waals surface area contributed by atoms with E-state index in [9.17, 15) is 0 Å². The van der Waals surface area contributed by atoms with Crippen molar-refractivity contribution in [3.8, 4) is 0 Å². The Morgan fingerprint density at radius 2 is 1.89 bits per heavy atom. The molecule has 1 heterocycles. The normalized spacial score (nSPS) is 12.6. The zero-order valence-electron chi connectivity index (χ0n) is 12.1. The summed E-state index contributed by atoms with van der Waals surface area (Å²) in [6, 6.07) is 6.98. The van der Waals surface area contributed by atoms with Gasteiger partial charge in [-0.3, -0.25) is 4.68 Å². The lowest BCUT2D eigenvalue weighted by atomic mass is 9.99. The highest BCUT2D eigenvalue weighted by atomic mass is 15.3. The summed E-state index contributed by atoms with van der Waals surface area (Å²) in [7, 11) is 1.94. The SMILES string of the molecule is CCNC(Cc1ncnn1C)c1cc(C)cc(C)c1. The maximum Gasteiger partial charge on any atom is 0.138 e. The molecule has 0 fully saturated rings. The third kappa shape index (κ3) is 3.41. The number of aryl methyl sites for hydroxylation is 3. The first-order chi connectivity index (χ1) is 9.10. The number of likely N-dealkylation sites (N-methyl/N-ethyl adjacent to an activating group) is 1. The van der Waals surface area contributed by atoms with Gasteiger partial charge in [0.15, 0.2) is 0 Å². The smallest absolute Gasteiger partial charge is 0.138 e. The number of benzene rings is 1. The van der Waals surface area contributed by atoms with Gasteiger partial charge in [-0.25, -0.2) is 4.98 Å². The van der Waals surface area contributed by atoms with E-state index in [-0.39, 0.29) is 6.04 Å². The third-order valence-electron chi connectivity index (χ3n) is 3.29. The van der Waals surface area contributed by atoms with Gasteiger partial charge in [0.2, 0.25) is 0 Å². The van der Waals surface area contributed by atoms with Crippen LogP contribution in [0.1, 0.15) is 35.5 Å². The second-order valence-corrected chi connectivity index (χ2v) is 5.04. The van der Waals surface area contributed by atoms with Crippen LogP contribution in [0.4, 0.5) is 0 Å². The first-order valence-electron chi connectivity index (χ1n) is 6.74. The van der Waals surface area contributed by atoms with E-state index in [0.717, 1.165) is 18.8 Å². The maximum absolute atomic E-state index is 4.32. The Morgan fingerprint density at radius 1 is 1.21 bits per heavy atom. The van der Waals surface area contributed by atoms with Gasteiger partial charge in [0, 0.05) is 19.5 Å². The molecule has 0 aliphatic heterocycles. The van der Waals surface area contributed by atoms with Crippen molar-refractivity contribution in [1.82, 2.24) is 20.1 Å². The van der Waals surface area contributed by atoms with Crippen molar-refractivity contribution in [3.63, 3.8) is 0 Å². The van der Waals surface area contributed by atoms with E-state index in [4.69, 9.17) is 0 Å². The van der Waals surface area contributed by atoms with Crippen LogP contribution in [0.25, 0.3) is 0 Å². The molecule has 0 spiro atoms. The molecule has 1 unspecified atom stereocenters. The zero-order valence-corrected chi connectivity index (χ0v) is 12.1. The number of aromatic nitrogens is 3. The molecule has 2 aromatic rings. The van der Waals surface area contributed by atoms with Crippen LogP contribution in [0, 0.1) is 13.8 Å². The first kappa shape index (κ1) is 13.7. The fourth-order valence-electron chi connectivity index (χ4n) is 2.45. The molecule has 19 heavy (non-hydrogen) atoms. The average Bonchev–Trinajstić information content (AvgIpc) is 2.73. The molecular formula is C15H22N4. The van der Waals surface area contributed by atoms with E-state index in [0.29, 0.717) is 0 Å². The predicted octanol–water partition coefficient (Wildman–Crippen LogP) is 2.33. The van der Waals surface area contributed by atoms with Crippen LogP contribution < -0.4 is 5.32 Å². The Kier molecular flexibility index (Phi) is 4.32. The van der Waals surface area contributed by atoms with Gasteiger partial charge in [-0.2, -0.15) is 5.10 Å². The highest BCUT2D eigenvalue weighted by Crippen LogP contribution is 2.20. The molecule has 4 nitrogen and oxygen atoms in total. The van der Waals surface area contributed by atoms with E-state index in [1.165, 1.54) is 16.7 Å². The van der Waals surface area contributed by atoms with Crippen LogP contribution in [0.5, 0.6) is 0 Å². The van der Waals surface area contributed by atoms with Gasteiger partial charge in [0.25, 0.3) is 0 Å². The van der Waals surface area contributed by atoms with Gasteiger partial charge >= 0.3 is 0 Å². The average molecular weight is 258 g/mol. The van der Waals surface area contributed by atoms with E-state index in [2.05, 4.69) is 54.4 Å². The zero-order chi connectivity index (χ0) is 13.8. The molecule has 0 bridgehead atoms. The molecule has 1 aromatic heterocycles. The Morgan fingerprint density at radius 3 is 2.42 bits per heavy atom. The molecule has 1 N–H and O–H groups in total. The molecule has 0 saturated heterocycles. The van der Waals surface area contributed by atoms with Crippen LogP contribution in [0.3, 0.4) is 0 Å². The van der Waals surface area contributed by atoms with Crippen LogP contribution in [0.2, 0.25) is 0 Å². The monoisotopic (exact) mass is 258 g/mol. The summed E-state index contributed by atoms with van der Waals surface area (Å²) in [4.78, 5) is 4.32. The maximum atomic E-state index is 4.32. The number of nitrogens with one attached hydrogen (secondary N) is 1. The van der Waals surface area contributed by atoms with Crippen molar-refractivity contribution in [3.05, 3.63) is 47.0 Å². The van der Waals surface area contributed by atoms with Gasteiger partial charge in [-0.05, 0) is 26.0 Å². The molecule has 0 radical (unpaired) electrons. The number of hydrogen-bond acceptors (Lipinski definition) is 3.